The Morgan fingerprint density at radius 2 is 2.12 bits per heavy atom. The molecule has 0 radical (unpaired) electrons. The minimum Gasteiger partial charge on any atom is -0.389 e. The molecule has 2 N–H and O–H groups in total. The third kappa shape index (κ3) is 2.89. The van der Waals surface area contributed by atoms with E-state index in [4.69, 9.17) is 23.2 Å². The SMILES string of the molecule is OC1(CCc2ccc(Cl)c(Cl)c2)CCNC1. The molecule has 0 amide bonds. The van der Waals surface area contributed by atoms with Crippen LogP contribution < -0.4 is 5.32 Å². The van der Waals surface area contributed by atoms with E-state index >= 15 is 0 Å². The lowest BCUT2D eigenvalue weighted by Crippen LogP contribution is -2.31. The van der Waals surface area contributed by atoms with E-state index in [0.717, 1.165) is 31.4 Å². The molecule has 1 heterocycles. The average Bonchev–Trinajstić information content (AvgIpc) is 2.68. The fourth-order valence-electron chi connectivity index (χ4n) is 2.02. The lowest BCUT2D eigenvalue weighted by molar-refractivity contribution is 0.0526. The van der Waals surface area contributed by atoms with E-state index < -0.39 is 5.60 Å². The van der Waals surface area contributed by atoms with Crippen LogP contribution in [0.15, 0.2) is 18.2 Å². The van der Waals surface area contributed by atoms with Crippen LogP contribution in [0.1, 0.15) is 18.4 Å². The van der Waals surface area contributed by atoms with Crippen molar-refractivity contribution in [3.8, 4) is 0 Å². The van der Waals surface area contributed by atoms with Crippen LogP contribution in [0.4, 0.5) is 0 Å². The van der Waals surface area contributed by atoms with E-state index in [1.165, 1.54) is 0 Å². The van der Waals surface area contributed by atoms with Gasteiger partial charge in [0.05, 0.1) is 15.6 Å². The summed E-state index contributed by atoms with van der Waals surface area (Å²) in [6.07, 6.45) is 2.42. The minimum absolute atomic E-state index is 0.549. The normalized spacial score (nSPS) is 24.9. The Bertz CT molecular complexity index is 375. The van der Waals surface area contributed by atoms with Gasteiger partial charge >= 0.3 is 0 Å². The molecule has 2 nitrogen and oxygen atoms in total. The summed E-state index contributed by atoms with van der Waals surface area (Å²) in [5, 5.41) is 14.5. The number of aliphatic hydroxyl groups is 1. The van der Waals surface area contributed by atoms with Gasteiger partial charge in [0.15, 0.2) is 0 Å². The molecule has 1 unspecified atom stereocenters. The second-order valence-electron chi connectivity index (χ2n) is 4.40. The third-order valence-corrected chi connectivity index (χ3v) is 3.82. The zero-order valence-electron chi connectivity index (χ0n) is 8.97. The molecule has 1 atom stereocenters. The van der Waals surface area contributed by atoms with E-state index in [0.29, 0.717) is 16.6 Å². The Kier molecular flexibility index (Phi) is 3.75. The Hall–Kier alpha value is -0.280. The first-order valence-corrected chi connectivity index (χ1v) is 6.22. The van der Waals surface area contributed by atoms with E-state index in [1.54, 1.807) is 6.07 Å². The quantitative estimate of drug-likeness (QED) is 0.875. The fraction of sp³-hybridized carbons (Fsp3) is 0.500. The molecule has 1 aliphatic heterocycles. The third-order valence-electron chi connectivity index (χ3n) is 3.08. The van der Waals surface area contributed by atoms with Crippen LogP contribution in [0.3, 0.4) is 0 Å². The second kappa shape index (κ2) is 4.92. The first kappa shape index (κ1) is 12.2. The molecule has 4 heteroatoms. The number of benzene rings is 1. The highest BCUT2D eigenvalue weighted by molar-refractivity contribution is 6.42. The van der Waals surface area contributed by atoms with Crippen molar-refractivity contribution in [1.29, 1.82) is 0 Å². The van der Waals surface area contributed by atoms with Gasteiger partial charge in [-0.1, -0.05) is 29.3 Å². The van der Waals surface area contributed by atoms with Crippen molar-refractivity contribution >= 4 is 23.2 Å². The Morgan fingerprint density at radius 1 is 1.31 bits per heavy atom. The summed E-state index contributed by atoms with van der Waals surface area (Å²) in [6.45, 7) is 1.59. The van der Waals surface area contributed by atoms with Crippen LogP contribution in [0.5, 0.6) is 0 Å². The summed E-state index contributed by atoms with van der Waals surface area (Å²) in [7, 11) is 0. The van der Waals surface area contributed by atoms with Crippen LogP contribution in [0, 0.1) is 0 Å². The molecule has 1 fully saturated rings. The molecule has 1 saturated heterocycles. The van der Waals surface area contributed by atoms with Crippen molar-refractivity contribution < 1.29 is 5.11 Å². The van der Waals surface area contributed by atoms with Crippen molar-refractivity contribution in [3.05, 3.63) is 33.8 Å². The summed E-state index contributed by atoms with van der Waals surface area (Å²) in [6, 6.07) is 5.63. The number of nitrogens with one attached hydrogen (secondary N) is 1. The van der Waals surface area contributed by atoms with E-state index in [-0.39, 0.29) is 0 Å². The summed E-state index contributed by atoms with van der Waals surface area (Å²) >= 11 is 11.8. The van der Waals surface area contributed by atoms with Crippen molar-refractivity contribution in [1.82, 2.24) is 5.32 Å². The summed E-state index contributed by atoms with van der Waals surface area (Å²) in [4.78, 5) is 0. The zero-order valence-corrected chi connectivity index (χ0v) is 10.5. The first-order valence-electron chi connectivity index (χ1n) is 5.46. The second-order valence-corrected chi connectivity index (χ2v) is 5.21. The highest BCUT2D eigenvalue weighted by Crippen LogP contribution is 2.25. The van der Waals surface area contributed by atoms with Crippen molar-refractivity contribution in [2.45, 2.75) is 24.9 Å². The van der Waals surface area contributed by atoms with Crippen LogP contribution in [-0.4, -0.2) is 23.8 Å². The van der Waals surface area contributed by atoms with Gasteiger partial charge < -0.3 is 10.4 Å². The van der Waals surface area contributed by atoms with E-state index in [9.17, 15) is 5.11 Å². The largest absolute Gasteiger partial charge is 0.389 e. The van der Waals surface area contributed by atoms with Gasteiger partial charge in [-0.2, -0.15) is 0 Å². The van der Waals surface area contributed by atoms with Crippen molar-refractivity contribution in [3.63, 3.8) is 0 Å². The monoisotopic (exact) mass is 259 g/mol. The maximum Gasteiger partial charge on any atom is 0.0786 e. The molecule has 0 aliphatic carbocycles. The minimum atomic E-state index is -0.549. The molecule has 0 saturated carbocycles. The maximum absolute atomic E-state index is 10.2. The Labute approximate surface area is 106 Å². The number of β-amino-alcohol motifs (C(OH)–C–C–N with tert-alkyl or cyclic N) is 1. The standard InChI is InChI=1S/C12H15Cl2NO/c13-10-2-1-9(7-11(10)14)3-4-12(16)5-6-15-8-12/h1-2,7,15-16H,3-6,8H2. The van der Waals surface area contributed by atoms with Gasteiger partial charge in [0.1, 0.15) is 0 Å². The van der Waals surface area contributed by atoms with Crippen molar-refractivity contribution in [2.75, 3.05) is 13.1 Å². The topological polar surface area (TPSA) is 32.3 Å². The number of halogens is 2. The average molecular weight is 260 g/mol. The molecule has 1 aliphatic rings. The van der Waals surface area contributed by atoms with Crippen LogP contribution in [0.2, 0.25) is 10.0 Å². The maximum atomic E-state index is 10.2. The molecule has 0 aromatic heterocycles. The van der Waals surface area contributed by atoms with E-state index in [2.05, 4.69) is 5.32 Å². The zero-order chi connectivity index (χ0) is 11.6. The van der Waals surface area contributed by atoms with Crippen LogP contribution in [0.25, 0.3) is 0 Å². The van der Waals surface area contributed by atoms with Gasteiger partial charge in [0, 0.05) is 6.54 Å². The fourth-order valence-corrected chi connectivity index (χ4v) is 2.34. The summed E-state index contributed by atoms with van der Waals surface area (Å²) in [5.74, 6) is 0. The lowest BCUT2D eigenvalue weighted by atomic mass is 9.94. The van der Waals surface area contributed by atoms with E-state index in [1.807, 2.05) is 12.1 Å². The van der Waals surface area contributed by atoms with Crippen LogP contribution >= 0.6 is 23.2 Å². The molecule has 0 spiro atoms. The van der Waals surface area contributed by atoms with Gasteiger partial charge in [-0.3, -0.25) is 0 Å². The Balaban J connectivity index is 1.96. The highest BCUT2D eigenvalue weighted by Gasteiger charge is 2.30. The lowest BCUT2D eigenvalue weighted by Gasteiger charge is -2.20. The number of rotatable bonds is 3. The van der Waals surface area contributed by atoms with Gasteiger partial charge in [0.2, 0.25) is 0 Å². The van der Waals surface area contributed by atoms with Crippen LogP contribution in [-0.2, 0) is 6.42 Å². The molecule has 1 aromatic rings. The molecular formula is C12H15Cl2NO. The van der Waals surface area contributed by atoms with Gasteiger partial charge in [-0.05, 0) is 43.5 Å². The van der Waals surface area contributed by atoms with Crippen molar-refractivity contribution in [2.24, 2.45) is 0 Å². The number of aryl methyl sites for hydroxylation is 1. The predicted molar refractivity (Wildman–Crippen MR) is 67.2 cm³/mol. The smallest absolute Gasteiger partial charge is 0.0786 e. The molecular weight excluding hydrogens is 245 g/mol. The van der Waals surface area contributed by atoms with Gasteiger partial charge in [0.25, 0.3) is 0 Å². The number of hydrogen-bond donors (Lipinski definition) is 2. The summed E-state index contributed by atoms with van der Waals surface area (Å²) < 4.78 is 0. The molecule has 88 valence electrons. The molecule has 1 aromatic carbocycles. The first-order chi connectivity index (χ1) is 7.59. The Morgan fingerprint density at radius 3 is 2.75 bits per heavy atom. The predicted octanol–water partition coefficient (Wildman–Crippen LogP) is 2.65. The van der Waals surface area contributed by atoms with Gasteiger partial charge in [-0.15, -0.1) is 0 Å². The van der Waals surface area contributed by atoms with Gasteiger partial charge in [-0.25, -0.2) is 0 Å². The molecule has 2 rings (SSSR count). The number of hydrogen-bond acceptors (Lipinski definition) is 2. The highest BCUT2D eigenvalue weighted by atomic mass is 35.5. The molecule has 16 heavy (non-hydrogen) atoms. The molecule has 0 bridgehead atoms. The summed E-state index contributed by atoms with van der Waals surface area (Å²) in [5.41, 5.74) is 0.571.